The SMILES string of the molecule is CCCc1cc(N(C)C)cc(CCC)c1-c1c(C)nn(-c2[c-]c(Oc3[c-]c4c(cc3)c3ccccc3n4-c3cc(C)ccn3)ccc2)c1C.[Pt+2]. The van der Waals surface area contributed by atoms with Gasteiger partial charge in [0.05, 0.1) is 5.69 Å². The summed E-state index contributed by atoms with van der Waals surface area (Å²) in [6.45, 7) is 10.9. The Kier molecular flexibility index (Phi) is 10.3. The van der Waals surface area contributed by atoms with Gasteiger partial charge in [0.1, 0.15) is 5.82 Å². The molecule has 3 heterocycles. The first kappa shape index (κ1) is 35.2. The zero-order chi connectivity index (χ0) is 34.2. The molecule has 6 nitrogen and oxygen atoms in total. The maximum atomic E-state index is 6.47. The number of nitrogens with zero attached hydrogens (tertiary/aromatic N) is 5. The average Bonchev–Trinajstić information content (AvgIpc) is 3.57. The second kappa shape index (κ2) is 14.7. The van der Waals surface area contributed by atoms with E-state index in [1.807, 2.05) is 41.2 Å². The Morgan fingerprint density at radius 1 is 0.760 bits per heavy atom. The first-order chi connectivity index (χ1) is 23.8. The third-order valence-corrected chi connectivity index (χ3v) is 9.27. The Hall–Kier alpha value is -4.67. The summed E-state index contributed by atoms with van der Waals surface area (Å²) in [6, 6.07) is 34.4. The molecule has 0 bridgehead atoms. The number of rotatable bonds is 10. The number of hydrogen-bond donors (Lipinski definition) is 0. The van der Waals surface area contributed by atoms with E-state index >= 15 is 0 Å². The molecule has 7 heteroatoms. The largest absolute Gasteiger partial charge is 2.00 e. The van der Waals surface area contributed by atoms with Crippen molar-refractivity contribution < 1.29 is 25.8 Å². The third-order valence-electron chi connectivity index (χ3n) is 9.27. The van der Waals surface area contributed by atoms with Gasteiger partial charge in [0.2, 0.25) is 0 Å². The summed E-state index contributed by atoms with van der Waals surface area (Å²) in [5, 5.41) is 7.33. The van der Waals surface area contributed by atoms with E-state index in [4.69, 9.17) is 14.8 Å². The number of ether oxygens (including phenoxy) is 1. The molecule has 0 aliphatic rings. The van der Waals surface area contributed by atoms with E-state index in [9.17, 15) is 0 Å². The molecule has 3 aromatic heterocycles. The number of hydrogen-bond acceptors (Lipinski definition) is 4. The number of para-hydroxylation sites is 1. The second-order valence-electron chi connectivity index (χ2n) is 13.1. The van der Waals surface area contributed by atoms with Crippen LogP contribution in [-0.4, -0.2) is 33.4 Å². The summed E-state index contributed by atoms with van der Waals surface area (Å²) in [5.41, 5.74) is 12.7. The first-order valence-electron chi connectivity index (χ1n) is 17.3. The van der Waals surface area contributed by atoms with Gasteiger partial charge in [-0.1, -0.05) is 50.4 Å². The molecule has 0 aliphatic heterocycles. The summed E-state index contributed by atoms with van der Waals surface area (Å²) in [5.74, 6) is 2.07. The number of anilines is 1. The van der Waals surface area contributed by atoms with Gasteiger partial charge in [0.15, 0.2) is 0 Å². The number of pyridine rings is 1. The van der Waals surface area contributed by atoms with Crippen LogP contribution in [0.1, 0.15) is 54.8 Å². The van der Waals surface area contributed by atoms with Crippen LogP contribution >= 0.6 is 0 Å². The zero-order valence-corrected chi connectivity index (χ0v) is 32.1. The van der Waals surface area contributed by atoms with Crippen molar-refractivity contribution in [2.45, 2.75) is 60.3 Å². The van der Waals surface area contributed by atoms with Crippen molar-refractivity contribution in [3.05, 3.63) is 125 Å². The molecule has 0 aliphatic carbocycles. The van der Waals surface area contributed by atoms with E-state index in [-0.39, 0.29) is 21.1 Å². The predicted octanol–water partition coefficient (Wildman–Crippen LogP) is 10.3. The fraction of sp³-hybridized carbons (Fsp3) is 0.256. The Bertz CT molecular complexity index is 2290. The summed E-state index contributed by atoms with van der Waals surface area (Å²) in [7, 11) is 4.24. The Balaban J connectivity index is 0.00000432. The molecule has 0 atom stereocenters. The van der Waals surface area contributed by atoms with Crippen molar-refractivity contribution in [2.24, 2.45) is 0 Å². The smallest absolute Gasteiger partial charge is 0.509 e. The van der Waals surface area contributed by atoms with Gasteiger partial charge in [0.25, 0.3) is 0 Å². The van der Waals surface area contributed by atoms with Crippen LogP contribution in [-0.2, 0) is 33.9 Å². The van der Waals surface area contributed by atoms with E-state index in [0.29, 0.717) is 11.5 Å². The third kappa shape index (κ3) is 6.49. The van der Waals surface area contributed by atoms with Gasteiger partial charge in [-0.25, -0.2) is 4.98 Å². The monoisotopic (exact) mass is 840 g/mol. The van der Waals surface area contributed by atoms with Gasteiger partial charge in [-0.05, 0) is 97.3 Å². The molecule has 0 spiro atoms. The van der Waals surface area contributed by atoms with Gasteiger partial charge >= 0.3 is 21.1 Å². The topological polar surface area (TPSA) is 48.1 Å². The Labute approximate surface area is 310 Å². The van der Waals surface area contributed by atoms with Crippen LogP contribution in [0.5, 0.6) is 11.5 Å². The second-order valence-corrected chi connectivity index (χ2v) is 13.1. The van der Waals surface area contributed by atoms with Crippen molar-refractivity contribution >= 4 is 27.5 Å². The summed E-state index contributed by atoms with van der Waals surface area (Å²) >= 11 is 0. The average molecular weight is 841 g/mol. The van der Waals surface area contributed by atoms with Crippen molar-refractivity contribution in [3.63, 3.8) is 0 Å². The summed E-state index contributed by atoms with van der Waals surface area (Å²) < 4.78 is 10.6. The molecule has 0 fully saturated rings. The zero-order valence-electron chi connectivity index (χ0n) is 29.9. The van der Waals surface area contributed by atoms with Gasteiger partial charge < -0.3 is 14.2 Å². The Morgan fingerprint density at radius 2 is 1.48 bits per heavy atom. The van der Waals surface area contributed by atoms with Crippen LogP contribution in [0, 0.1) is 32.9 Å². The van der Waals surface area contributed by atoms with Crippen molar-refractivity contribution in [1.29, 1.82) is 0 Å². The summed E-state index contributed by atoms with van der Waals surface area (Å²) in [4.78, 5) is 6.92. The van der Waals surface area contributed by atoms with Gasteiger partial charge in [-0.2, -0.15) is 17.2 Å². The van der Waals surface area contributed by atoms with Gasteiger partial charge in [-0.3, -0.25) is 4.68 Å². The minimum absolute atomic E-state index is 0. The van der Waals surface area contributed by atoms with Gasteiger partial charge in [0, 0.05) is 54.3 Å². The number of fused-ring (bicyclic) bond motifs is 3. The maximum Gasteiger partial charge on any atom is 2.00 e. The summed E-state index contributed by atoms with van der Waals surface area (Å²) in [6.07, 6.45) is 6.06. The molecule has 256 valence electrons. The molecule has 0 unspecified atom stereocenters. The van der Waals surface area contributed by atoms with Crippen LogP contribution in [0.3, 0.4) is 0 Å². The van der Waals surface area contributed by atoms with Crippen LogP contribution < -0.4 is 9.64 Å². The van der Waals surface area contributed by atoms with Crippen molar-refractivity contribution in [3.8, 4) is 34.1 Å². The normalized spacial score (nSPS) is 11.3. The molecule has 0 N–H and O–H groups in total. The van der Waals surface area contributed by atoms with Crippen LogP contribution in [0.15, 0.2) is 85.1 Å². The quantitative estimate of drug-likeness (QED) is 0.129. The van der Waals surface area contributed by atoms with Crippen LogP contribution in [0.25, 0.3) is 44.4 Å². The molecular weight excluding hydrogens is 798 g/mol. The predicted molar refractivity (Wildman–Crippen MR) is 202 cm³/mol. The molecule has 7 aromatic rings. The van der Waals surface area contributed by atoms with Crippen LogP contribution in [0.2, 0.25) is 0 Å². The fourth-order valence-corrected chi connectivity index (χ4v) is 7.05. The van der Waals surface area contributed by atoms with Crippen LogP contribution in [0.4, 0.5) is 5.69 Å². The minimum atomic E-state index is 0. The Morgan fingerprint density at radius 3 is 2.18 bits per heavy atom. The van der Waals surface area contributed by atoms with E-state index in [2.05, 4.69) is 119 Å². The first-order valence-corrected chi connectivity index (χ1v) is 17.3. The van der Waals surface area contributed by atoms with Crippen molar-refractivity contribution in [1.82, 2.24) is 19.3 Å². The molecule has 0 saturated heterocycles. The molecule has 7 rings (SSSR count). The standard InChI is InChI=1S/C43H43N5O.Pt/c1-8-13-31-24-34(46(6)7)25-32(14-9-2)43(31)42-29(4)45-48(30(42)5)33-15-12-16-35(26-33)49-36-19-20-38-37-17-10-11-18-39(37)47(40(38)27-36)41-23-28(3)21-22-44-41;/h10-12,15-25H,8-9,13-14H2,1-7H3;/q-2;+2. The fourth-order valence-electron chi connectivity index (χ4n) is 7.05. The molecule has 0 amide bonds. The number of aromatic nitrogens is 4. The molecule has 0 radical (unpaired) electrons. The molecule has 4 aromatic carbocycles. The molecular formula is C43H43N5OPt. The minimum Gasteiger partial charge on any atom is -0.509 e. The van der Waals surface area contributed by atoms with Gasteiger partial charge in [-0.15, -0.1) is 35.7 Å². The van der Waals surface area contributed by atoms with Crippen molar-refractivity contribution in [2.75, 3.05) is 19.0 Å². The number of aryl methyl sites for hydroxylation is 4. The molecule has 0 saturated carbocycles. The van der Waals surface area contributed by atoms with E-state index < -0.39 is 0 Å². The van der Waals surface area contributed by atoms with E-state index in [1.54, 1.807) is 0 Å². The van der Waals surface area contributed by atoms with E-state index in [1.165, 1.54) is 27.9 Å². The number of benzene rings is 4. The molecule has 50 heavy (non-hydrogen) atoms. The maximum absolute atomic E-state index is 6.47. The van der Waals surface area contributed by atoms with E-state index in [0.717, 1.165) is 75.9 Å².